The molecule has 0 aliphatic rings. The molecule has 0 unspecified atom stereocenters. The van der Waals surface area contributed by atoms with E-state index in [9.17, 15) is 5.11 Å². The molecular formula is C14H13Cl2NO. The quantitative estimate of drug-likeness (QED) is 0.888. The summed E-state index contributed by atoms with van der Waals surface area (Å²) in [6.45, 7) is 1.18. The maximum Gasteiger partial charge on any atom is 0.120 e. The van der Waals surface area contributed by atoms with Gasteiger partial charge in [-0.2, -0.15) is 0 Å². The lowest BCUT2D eigenvalue weighted by atomic mass is 10.2. The number of para-hydroxylation sites is 1. The largest absolute Gasteiger partial charge is 0.508 e. The van der Waals surface area contributed by atoms with Crippen molar-refractivity contribution in [3.05, 3.63) is 63.6 Å². The van der Waals surface area contributed by atoms with Crippen molar-refractivity contribution >= 4 is 23.2 Å². The minimum atomic E-state index is 0.294. The molecule has 4 heteroatoms. The summed E-state index contributed by atoms with van der Waals surface area (Å²) in [5, 5.41) is 14.2. The van der Waals surface area contributed by atoms with Crippen LogP contribution in [0.15, 0.2) is 42.5 Å². The molecule has 2 aromatic carbocycles. The van der Waals surface area contributed by atoms with Gasteiger partial charge in [-0.05, 0) is 29.8 Å². The molecule has 0 heterocycles. The van der Waals surface area contributed by atoms with Crippen molar-refractivity contribution in [1.82, 2.24) is 5.32 Å². The Hall–Kier alpha value is -1.22. The Kier molecular flexibility index (Phi) is 4.48. The smallest absolute Gasteiger partial charge is 0.120 e. The third-order valence-corrected chi connectivity index (χ3v) is 3.23. The molecule has 0 bridgehead atoms. The second-order valence-corrected chi connectivity index (χ2v) is 4.81. The van der Waals surface area contributed by atoms with Crippen LogP contribution < -0.4 is 5.32 Å². The fourth-order valence-electron chi connectivity index (χ4n) is 1.67. The SMILES string of the molecule is Oc1ccccc1CNCc1cc(Cl)ccc1Cl. The summed E-state index contributed by atoms with van der Waals surface area (Å²) in [4.78, 5) is 0. The van der Waals surface area contributed by atoms with Gasteiger partial charge in [-0.15, -0.1) is 0 Å². The summed E-state index contributed by atoms with van der Waals surface area (Å²) in [7, 11) is 0. The van der Waals surface area contributed by atoms with Gasteiger partial charge in [0.25, 0.3) is 0 Å². The molecule has 18 heavy (non-hydrogen) atoms. The minimum absolute atomic E-state index is 0.294. The fourth-order valence-corrected chi connectivity index (χ4v) is 2.05. The maximum absolute atomic E-state index is 9.62. The molecule has 0 fully saturated rings. The van der Waals surface area contributed by atoms with Crippen molar-refractivity contribution in [3.8, 4) is 5.75 Å². The van der Waals surface area contributed by atoms with Crippen molar-refractivity contribution in [1.29, 1.82) is 0 Å². The molecule has 2 nitrogen and oxygen atoms in total. The first-order valence-corrected chi connectivity index (χ1v) is 6.34. The summed E-state index contributed by atoms with van der Waals surface area (Å²) in [6.07, 6.45) is 0. The maximum atomic E-state index is 9.62. The number of hydrogen-bond donors (Lipinski definition) is 2. The van der Waals surface area contributed by atoms with Gasteiger partial charge in [0, 0.05) is 28.7 Å². The van der Waals surface area contributed by atoms with E-state index in [1.807, 2.05) is 18.2 Å². The minimum Gasteiger partial charge on any atom is -0.508 e. The average Bonchev–Trinajstić information content (AvgIpc) is 2.36. The number of phenolic OH excluding ortho intramolecular Hbond substituents is 1. The molecule has 0 saturated carbocycles. The number of benzene rings is 2. The van der Waals surface area contributed by atoms with Gasteiger partial charge >= 0.3 is 0 Å². The van der Waals surface area contributed by atoms with Crippen molar-refractivity contribution in [2.45, 2.75) is 13.1 Å². The highest BCUT2D eigenvalue weighted by Crippen LogP contribution is 2.21. The topological polar surface area (TPSA) is 32.3 Å². The molecule has 0 saturated heterocycles. The molecule has 2 aromatic rings. The van der Waals surface area contributed by atoms with Crippen LogP contribution in [0.4, 0.5) is 0 Å². The standard InChI is InChI=1S/C14H13Cl2NO/c15-12-5-6-13(16)11(7-12)9-17-8-10-3-1-2-4-14(10)18/h1-7,17-18H,8-9H2. The van der Waals surface area contributed by atoms with Gasteiger partial charge in [-0.25, -0.2) is 0 Å². The molecule has 0 radical (unpaired) electrons. The summed E-state index contributed by atoms with van der Waals surface area (Å²) < 4.78 is 0. The van der Waals surface area contributed by atoms with Gasteiger partial charge in [-0.1, -0.05) is 41.4 Å². The Balaban J connectivity index is 1.96. The predicted octanol–water partition coefficient (Wildman–Crippen LogP) is 3.99. The highest BCUT2D eigenvalue weighted by Gasteiger charge is 2.02. The van der Waals surface area contributed by atoms with Crippen LogP contribution in [0, 0.1) is 0 Å². The van der Waals surface area contributed by atoms with Crippen LogP contribution in [0.25, 0.3) is 0 Å². The molecule has 0 aliphatic heterocycles. The number of hydrogen-bond acceptors (Lipinski definition) is 2. The van der Waals surface area contributed by atoms with Crippen molar-refractivity contribution < 1.29 is 5.11 Å². The Morgan fingerprint density at radius 3 is 2.44 bits per heavy atom. The summed E-state index contributed by atoms with van der Waals surface area (Å²) in [5.41, 5.74) is 1.80. The highest BCUT2D eigenvalue weighted by atomic mass is 35.5. The first kappa shape index (κ1) is 13.2. The van der Waals surface area contributed by atoms with Gasteiger partial charge < -0.3 is 10.4 Å². The van der Waals surface area contributed by atoms with Crippen LogP contribution >= 0.6 is 23.2 Å². The molecular weight excluding hydrogens is 269 g/mol. The highest BCUT2D eigenvalue weighted by molar-refractivity contribution is 6.33. The lowest BCUT2D eigenvalue weighted by molar-refractivity contribution is 0.464. The summed E-state index contributed by atoms with van der Waals surface area (Å²) in [5.74, 6) is 0.294. The second-order valence-electron chi connectivity index (χ2n) is 3.97. The van der Waals surface area contributed by atoms with Gasteiger partial charge in [0.1, 0.15) is 5.75 Å². The van der Waals surface area contributed by atoms with Crippen LogP contribution in [0.5, 0.6) is 5.75 Å². The normalized spacial score (nSPS) is 10.6. The predicted molar refractivity (Wildman–Crippen MR) is 75.1 cm³/mol. The van der Waals surface area contributed by atoms with E-state index >= 15 is 0 Å². The van der Waals surface area contributed by atoms with E-state index in [1.165, 1.54) is 0 Å². The van der Waals surface area contributed by atoms with Crippen LogP contribution in [0.1, 0.15) is 11.1 Å². The molecule has 0 atom stereocenters. The summed E-state index contributed by atoms with van der Waals surface area (Å²) >= 11 is 12.0. The molecule has 0 amide bonds. The average molecular weight is 282 g/mol. The Morgan fingerprint density at radius 2 is 1.67 bits per heavy atom. The monoisotopic (exact) mass is 281 g/mol. The Labute approximate surface area is 116 Å². The molecule has 0 aliphatic carbocycles. The Bertz CT molecular complexity index is 543. The van der Waals surface area contributed by atoms with E-state index in [-0.39, 0.29) is 0 Å². The van der Waals surface area contributed by atoms with E-state index in [2.05, 4.69) is 5.32 Å². The molecule has 0 spiro atoms. The summed E-state index contributed by atoms with van der Waals surface area (Å²) in [6, 6.07) is 12.6. The van der Waals surface area contributed by atoms with Crippen molar-refractivity contribution in [2.75, 3.05) is 0 Å². The van der Waals surface area contributed by atoms with Crippen LogP contribution in [-0.2, 0) is 13.1 Å². The van der Waals surface area contributed by atoms with Gasteiger partial charge in [-0.3, -0.25) is 0 Å². The number of rotatable bonds is 4. The van der Waals surface area contributed by atoms with Crippen LogP contribution in [0.2, 0.25) is 10.0 Å². The first-order chi connectivity index (χ1) is 8.66. The molecule has 2 rings (SSSR count). The molecule has 94 valence electrons. The van der Waals surface area contributed by atoms with Crippen LogP contribution in [-0.4, -0.2) is 5.11 Å². The van der Waals surface area contributed by atoms with E-state index in [1.54, 1.807) is 24.3 Å². The number of phenols is 1. The lowest BCUT2D eigenvalue weighted by Gasteiger charge is -2.08. The number of aromatic hydroxyl groups is 1. The lowest BCUT2D eigenvalue weighted by Crippen LogP contribution is -2.13. The van der Waals surface area contributed by atoms with E-state index in [4.69, 9.17) is 23.2 Å². The van der Waals surface area contributed by atoms with Crippen LogP contribution in [0.3, 0.4) is 0 Å². The zero-order valence-electron chi connectivity index (χ0n) is 9.66. The third-order valence-electron chi connectivity index (χ3n) is 2.63. The van der Waals surface area contributed by atoms with E-state index in [0.717, 1.165) is 11.1 Å². The van der Waals surface area contributed by atoms with Crippen molar-refractivity contribution in [2.24, 2.45) is 0 Å². The number of halogens is 2. The van der Waals surface area contributed by atoms with Gasteiger partial charge in [0.15, 0.2) is 0 Å². The first-order valence-electron chi connectivity index (χ1n) is 5.58. The Morgan fingerprint density at radius 1 is 0.944 bits per heavy atom. The zero-order chi connectivity index (χ0) is 13.0. The third kappa shape index (κ3) is 3.39. The molecule has 0 aromatic heterocycles. The van der Waals surface area contributed by atoms with Gasteiger partial charge in [0.2, 0.25) is 0 Å². The zero-order valence-corrected chi connectivity index (χ0v) is 11.2. The number of nitrogens with one attached hydrogen (secondary N) is 1. The van der Waals surface area contributed by atoms with Crippen molar-refractivity contribution in [3.63, 3.8) is 0 Å². The fraction of sp³-hybridized carbons (Fsp3) is 0.143. The van der Waals surface area contributed by atoms with E-state index < -0.39 is 0 Å². The van der Waals surface area contributed by atoms with E-state index in [0.29, 0.717) is 28.9 Å². The van der Waals surface area contributed by atoms with Gasteiger partial charge in [0.05, 0.1) is 0 Å². The molecule has 2 N–H and O–H groups in total. The second kappa shape index (κ2) is 6.10.